The van der Waals surface area contributed by atoms with Gasteiger partial charge in [0, 0.05) is 19.4 Å². The number of rotatable bonds is 19. The number of hydrogen-bond donors (Lipinski definition) is 1. The fourth-order valence-corrected chi connectivity index (χ4v) is 2.45. The maximum atomic E-state index is 11.6. The van der Waals surface area contributed by atoms with Crippen LogP contribution in [0.4, 0.5) is 0 Å². The van der Waals surface area contributed by atoms with Gasteiger partial charge in [-0.1, -0.05) is 36.6 Å². The van der Waals surface area contributed by atoms with Crippen LogP contribution in [-0.4, -0.2) is 36.9 Å². The maximum absolute atomic E-state index is 11.6. The molecule has 0 amide bonds. The van der Waals surface area contributed by atoms with Crippen LogP contribution >= 0.6 is 0 Å². The molecule has 28 heavy (non-hydrogen) atoms. The maximum Gasteiger partial charge on any atom is 0.305 e. The molecule has 0 heterocycles. The molecule has 0 aromatic heterocycles. The van der Waals surface area contributed by atoms with Crippen molar-refractivity contribution in [3.8, 4) is 12.3 Å². The Kier molecular flexibility index (Phi) is 19.7. The lowest BCUT2D eigenvalue weighted by molar-refractivity contribution is -0.144. The number of ether oxygens (including phenoxy) is 2. The van der Waals surface area contributed by atoms with Crippen LogP contribution in [0.3, 0.4) is 0 Å². The number of unbranched alkanes of at least 4 members (excludes halogenated alkanes) is 6. The van der Waals surface area contributed by atoms with Gasteiger partial charge in [0.2, 0.25) is 0 Å². The fourth-order valence-electron chi connectivity index (χ4n) is 2.45. The Balaban J connectivity index is 3.34. The summed E-state index contributed by atoms with van der Waals surface area (Å²) < 4.78 is 10.4. The predicted octanol–water partition coefficient (Wildman–Crippen LogP) is 5.06. The molecule has 0 radical (unpaired) electrons. The number of esters is 1. The van der Waals surface area contributed by atoms with Gasteiger partial charge >= 0.3 is 11.9 Å². The van der Waals surface area contributed by atoms with Crippen LogP contribution in [0.25, 0.3) is 0 Å². The summed E-state index contributed by atoms with van der Waals surface area (Å²) >= 11 is 0. The normalized spacial score (nSPS) is 11.1. The largest absolute Gasteiger partial charge is 0.481 e. The molecule has 0 aliphatic carbocycles. The topological polar surface area (TPSA) is 72.8 Å². The third-order valence-electron chi connectivity index (χ3n) is 3.98. The highest BCUT2D eigenvalue weighted by Crippen LogP contribution is 2.04. The first-order valence-electron chi connectivity index (χ1n) is 10.4. The minimum Gasteiger partial charge on any atom is -0.481 e. The third-order valence-corrected chi connectivity index (χ3v) is 3.98. The van der Waals surface area contributed by atoms with Crippen LogP contribution in [0.2, 0.25) is 0 Å². The van der Waals surface area contributed by atoms with Crippen LogP contribution in [-0.2, 0) is 19.1 Å². The lowest BCUT2D eigenvalue weighted by Crippen LogP contribution is -2.05. The van der Waals surface area contributed by atoms with Crippen LogP contribution in [0.15, 0.2) is 24.3 Å². The third kappa shape index (κ3) is 22.0. The molecule has 5 heteroatoms. The summed E-state index contributed by atoms with van der Waals surface area (Å²) in [6, 6.07) is 0. The molecule has 0 aliphatic rings. The first kappa shape index (κ1) is 25.9. The number of allylic oxidation sites excluding steroid dienone is 4. The standard InChI is InChI=1S/C23H36O5/c1-2-19-27-20-15-11-12-16-21-28-23(26)18-14-10-8-6-4-3-5-7-9-13-17-22(24)25/h1,5-8H,3-4,9-21H2,(H,24,25)/b7-5-,8-6-. The summed E-state index contributed by atoms with van der Waals surface area (Å²) in [6.07, 6.45) is 23.3. The minimum atomic E-state index is -0.737. The summed E-state index contributed by atoms with van der Waals surface area (Å²) in [5.74, 6) is 1.58. The van der Waals surface area contributed by atoms with Crippen molar-refractivity contribution in [1.82, 2.24) is 0 Å². The van der Waals surface area contributed by atoms with Crippen LogP contribution in [0.5, 0.6) is 0 Å². The molecule has 0 unspecified atom stereocenters. The number of carboxylic acid groups (broad SMARTS) is 1. The summed E-state index contributed by atoms with van der Waals surface area (Å²) in [5.41, 5.74) is 0. The molecule has 158 valence electrons. The zero-order valence-electron chi connectivity index (χ0n) is 17.1. The van der Waals surface area contributed by atoms with E-state index >= 15 is 0 Å². The van der Waals surface area contributed by atoms with E-state index in [1.165, 1.54) is 0 Å². The van der Waals surface area contributed by atoms with Crippen LogP contribution in [0.1, 0.15) is 77.0 Å². The van der Waals surface area contributed by atoms with E-state index in [4.69, 9.17) is 21.0 Å². The van der Waals surface area contributed by atoms with Crippen molar-refractivity contribution < 1.29 is 24.2 Å². The number of carboxylic acids is 1. The van der Waals surface area contributed by atoms with E-state index in [1.54, 1.807) is 0 Å². The lowest BCUT2D eigenvalue weighted by Gasteiger charge is -2.04. The Morgan fingerprint density at radius 2 is 1.36 bits per heavy atom. The van der Waals surface area contributed by atoms with Gasteiger partial charge in [-0.05, 0) is 57.8 Å². The van der Waals surface area contributed by atoms with Gasteiger partial charge in [0.25, 0.3) is 0 Å². The van der Waals surface area contributed by atoms with E-state index in [0.29, 0.717) is 32.7 Å². The molecule has 0 aromatic rings. The van der Waals surface area contributed by atoms with E-state index in [0.717, 1.165) is 57.8 Å². The number of carbonyl (C=O) groups excluding carboxylic acids is 1. The molecule has 0 saturated carbocycles. The van der Waals surface area contributed by atoms with E-state index in [9.17, 15) is 9.59 Å². The summed E-state index contributed by atoms with van der Waals surface area (Å²) in [5, 5.41) is 8.52. The highest BCUT2D eigenvalue weighted by molar-refractivity contribution is 5.69. The Morgan fingerprint density at radius 3 is 1.96 bits per heavy atom. The van der Waals surface area contributed by atoms with Gasteiger partial charge in [-0.15, -0.1) is 6.42 Å². The fraction of sp³-hybridized carbons (Fsp3) is 0.652. The first-order valence-corrected chi connectivity index (χ1v) is 10.4. The molecule has 1 N–H and O–H groups in total. The summed E-state index contributed by atoms with van der Waals surface area (Å²) in [6.45, 7) is 1.57. The second-order valence-electron chi connectivity index (χ2n) is 6.59. The molecule has 0 bridgehead atoms. The van der Waals surface area contributed by atoms with Gasteiger partial charge in [0.1, 0.15) is 6.61 Å². The van der Waals surface area contributed by atoms with Crippen molar-refractivity contribution in [1.29, 1.82) is 0 Å². The van der Waals surface area contributed by atoms with Crippen LogP contribution in [0, 0.1) is 12.3 Å². The quantitative estimate of drug-likeness (QED) is 0.144. The van der Waals surface area contributed by atoms with Gasteiger partial charge in [-0.25, -0.2) is 0 Å². The van der Waals surface area contributed by atoms with Crippen molar-refractivity contribution in [2.45, 2.75) is 77.0 Å². The molecule has 0 rings (SSSR count). The Hall–Kier alpha value is -2.06. The molecular formula is C23H36O5. The zero-order chi connectivity index (χ0) is 20.7. The Bertz CT molecular complexity index is 488. The zero-order valence-corrected chi connectivity index (χ0v) is 17.1. The SMILES string of the molecule is C#CCOCCCCCCOC(=O)CCC/C=C\CC/C=C\CCCC(=O)O. The van der Waals surface area contributed by atoms with Gasteiger partial charge in [-0.3, -0.25) is 9.59 Å². The molecule has 0 fully saturated rings. The van der Waals surface area contributed by atoms with Gasteiger partial charge in [0.15, 0.2) is 0 Å². The van der Waals surface area contributed by atoms with E-state index in [-0.39, 0.29) is 12.4 Å². The van der Waals surface area contributed by atoms with Crippen molar-refractivity contribution in [3.05, 3.63) is 24.3 Å². The number of hydrogen-bond acceptors (Lipinski definition) is 4. The number of terminal acetylenes is 1. The van der Waals surface area contributed by atoms with Gasteiger partial charge in [-0.2, -0.15) is 0 Å². The highest BCUT2D eigenvalue weighted by atomic mass is 16.5. The Labute approximate surface area is 170 Å². The Morgan fingerprint density at radius 1 is 0.786 bits per heavy atom. The summed E-state index contributed by atoms with van der Waals surface area (Å²) in [4.78, 5) is 22.0. The average Bonchev–Trinajstić information content (AvgIpc) is 2.67. The van der Waals surface area contributed by atoms with E-state index < -0.39 is 5.97 Å². The molecule has 0 atom stereocenters. The smallest absolute Gasteiger partial charge is 0.305 e. The molecule has 0 aromatic carbocycles. The van der Waals surface area contributed by atoms with E-state index in [1.807, 2.05) is 6.08 Å². The predicted molar refractivity (Wildman–Crippen MR) is 112 cm³/mol. The molecular weight excluding hydrogens is 356 g/mol. The second-order valence-corrected chi connectivity index (χ2v) is 6.59. The number of carbonyl (C=O) groups is 2. The first-order chi connectivity index (χ1) is 13.7. The number of aliphatic carboxylic acids is 1. The molecule has 0 spiro atoms. The minimum absolute atomic E-state index is 0.116. The second kappa shape index (κ2) is 21.2. The molecule has 0 aliphatic heterocycles. The van der Waals surface area contributed by atoms with E-state index in [2.05, 4.69) is 24.1 Å². The molecule has 0 saturated heterocycles. The van der Waals surface area contributed by atoms with Crippen LogP contribution < -0.4 is 0 Å². The highest BCUT2D eigenvalue weighted by Gasteiger charge is 2.01. The van der Waals surface area contributed by atoms with Crippen molar-refractivity contribution in [2.24, 2.45) is 0 Å². The molecule has 5 nitrogen and oxygen atoms in total. The monoisotopic (exact) mass is 392 g/mol. The van der Waals surface area contributed by atoms with Crippen molar-refractivity contribution >= 4 is 11.9 Å². The van der Waals surface area contributed by atoms with Gasteiger partial charge < -0.3 is 14.6 Å². The van der Waals surface area contributed by atoms with Gasteiger partial charge in [0.05, 0.1) is 6.61 Å². The van der Waals surface area contributed by atoms with Crippen molar-refractivity contribution in [3.63, 3.8) is 0 Å². The average molecular weight is 393 g/mol. The lowest BCUT2D eigenvalue weighted by atomic mass is 10.2. The van der Waals surface area contributed by atoms with Crippen molar-refractivity contribution in [2.75, 3.05) is 19.8 Å². The summed E-state index contributed by atoms with van der Waals surface area (Å²) in [7, 11) is 0.